The molecule has 2 aromatic carbocycles. The summed E-state index contributed by atoms with van der Waals surface area (Å²) < 4.78 is 10.7. The van der Waals surface area contributed by atoms with Crippen LogP contribution in [0.1, 0.15) is 5.56 Å². The molecule has 0 amide bonds. The SMILES string of the molecule is O=c1[nH]c2cc3c(cc2cc1C=NNc1nnc2c(n1)[nH]c1ccccc12)OCO3. The van der Waals surface area contributed by atoms with Crippen LogP contribution in [0.5, 0.6) is 11.5 Å². The molecular weight excluding hydrogens is 386 g/mol. The van der Waals surface area contributed by atoms with Crippen molar-refractivity contribution in [2.45, 2.75) is 0 Å². The molecule has 0 radical (unpaired) electrons. The highest BCUT2D eigenvalue weighted by atomic mass is 16.7. The van der Waals surface area contributed by atoms with E-state index < -0.39 is 0 Å². The van der Waals surface area contributed by atoms with Gasteiger partial charge in [-0.25, -0.2) is 5.43 Å². The third kappa shape index (κ3) is 2.62. The van der Waals surface area contributed by atoms with E-state index in [1.807, 2.05) is 30.3 Å². The van der Waals surface area contributed by atoms with E-state index in [-0.39, 0.29) is 18.3 Å². The number of hydrogen-bond acceptors (Lipinski definition) is 8. The maximum Gasteiger partial charge on any atom is 0.265 e. The number of para-hydroxylation sites is 1. The van der Waals surface area contributed by atoms with Gasteiger partial charge in [0, 0.05) is 22.4 Å². The fourth-order valence-electron chi connectivity index (χ4n) is 3.44. The van der Waals surface area contributed by atoms with Crippen molar-refractivity contribution < 1.29 is 9.47 Å². The molecule has 3 aromatic heterocycles. The van der Waals surface area contributed by atoms with Crippen LogP contribution in [0.15, 0.2) is 52.4 Å². The van der Waals surface area contributed by atoms with Crippen LogP contribution < -0.4 is 20.5 Å². The highest BCUT2D eigenvalue weighted by Gasteiger charge is 2.15. The highest BCUT2D eigenvalue weighted by molar-refractivity contribution is 6.03. The first kappa shape index (κ1) is 16.5. The average Bonchev–Trinajstić information content (AvgIpc) is 3.35. The lowest BCUT2D eigenvalue weighted by Crippen LogP contribution is -2.12. The van der Waals surface area contributed by atoms with E-state index in [0.29, 0.717) is 33.7 Å². The van der Waals surface area contributed by atoms with E-state index >= 15 is 0 Å². The Balaban J connectivity index is 1.30. The average molecular weight is 399 g/mol. The topological polar surface area (TPSA) is 130 Å². The van der Waals surface area contributed by atoms with E-state index in [0.717, 1.165) is 16.3 Å². The summed E-state index contributed by atoms with van der Waals surface area (Å²) in [5.41, 5.74) is 5.68. The lowest BCUT2D eigenvalue weighted by Gasteiger charge is -2.02. The number of aromatic amines is 2. The molecule has 0 aliphatic carbocycles. The number of anilines is 1. The summed E-state index contributed by atoms with van der Waals surface area (Å²) in [5, 5.41) is 14.1. The molecule has 0 unspecified atom stereocenters. The Kier molecular flexibility index (Phi) is 3.45. The number of benzene rings is 2. The Labute approximate surface area is 167 Å². The zero-order valence-corrected chi connectivity index (χ0v) is 15.3. The Morgan fingerprint density at radius 2 is 1.90 bits per heavy atom. The molecule has 0 fully saturated rings. The maximum atomic E-state index is 12.4. The summed E-state index contributed by atoms with van der Waals surface area (Å²) >= 11 is 0. The number of nitrogens with one attached hydrogen (secondary N) is 3. The first-order valence-electron chi connectivity index (χ1n) is 9.11. The van der Waals surface area contributed by atoms with Crippen molar-refractivity contribution in [3.05, 3.63) is 58.4 Å². The zero-order chi connectivity index (χ0) is 20.1. The quantitative estimate of drug-likeness (QED) is 0.314. The molecule has 1 aliphatic heterocycles. The Hall–Kier alpha value is -4.47. The maximum absolute atomic E-state index is 12.4. The third-order valence-corrected chi connectivity index (χ3v) is 4.86. The molecule has 10 heteroatoms. The van der Waals surface area contributed by atoms with E-state index in [1.165, 1.54) is 6.21 Å². The number of hydrogen-bond donors (Lipinski definition) is 3. The molecule has 0 saturated heterocycles. The largest absolute Gasteiger partial charge is 0.454 e. The van der Waals surface area contributed by atoms with Crippen LogP contribution in [0.3, 0.4) is 0 Å². The van der Waals surface area contributed by atoms with Crippen LogP contribution in [-0.2, 0) is 0 Å². The van der Waals surface area contributed by atoms with Gasteiger partial charge < -0.3 is 19.4 Å². The summed E-state index contributed by atoms with van der Waals surface area (Å²) in [4.78, 5) is 22.8. The van der Waals surface area contributed by atoms with Crippen molar-refractivity contribution in [2.75, 3.05) is 12.2 Å². The molecule has 0 bridgehead atoms. The third-order valence-electron chi connectivity index (χ3n) is 4.86. The Morgan fingerprint density at radius 3 is 2.83 bits per heavy atom. The van der Waals surface area contributed by atoms with E-state index in [1.54, 1.807) is 12.1 Å². The standard InChI is InChI=1S/C20H13N7O3/c28-19-11(5-10-6-15-16(30-9-29-15)7-14(10)23-19)8-21-26-20-24-18-17(25-27-20)12-3-1-2-4-13(12)22-18/h1-8H,9H2,(H,23,28)(H2,22,24,26,27). The van der Waals surface area contributed by atoms with Crippen LogP contribution >= 0.6 is 0 Å². The van der Waals surface area contributed by atoms with Gasteiger partial charge in [-0.1, -0.05) is 18.2 Å². The van der Waals surface area contributed by atoms with Crippen LogP contribution in [0.4, 0.5) is 5.95 Å². The molecule has 146 valence electrons. The molecule has 0 saturated carbocycles. The van der Waals surface area contributed by atoms with Gasteiger partial charge in [0.05, 0.1) is 17.3 Å². The minimum Gasteiger partial charge on any atom is -0.454 e. The summed E-state index contributed by atoms with van der Waals surface area (Å²) in [6.07, 6.45) is 1.40. The summed E-state index contributed by atoms with van der Waals surface area (Å²) in [5.74, 6) is 1.46. The number of nitrogens with zero attached hydrogens (tertiary/aromatic N) is 4. The van der Waals surface area contributed by atoms with Crippen LogP contribution in [0, 0.1) is 0 Å². The molecule has 1 aliphatic rings. The number of ether oxygens (including phenoxy) is 2. The van der Waals surface area contributed by atoms with Crippen molar-refractivity contribution in [3.63, 3.8) is 0 Å². The summed E-state index contributed by atoms with van der Waals surface area (Å²) in [6.45, 7) is 0.170. The minimum absolute atomic E-state index is 0.170. The molecule has 10 nitrogen and oxygen atoms in total. The Bertz CT molecular complexity index is 1540. The van der Waals surface area contributed by atoms with E-state index in [2.05, 4.69) is 35.7 Å². The van der Waals surface area contributed by atoms with Crippen molar-refractivity contribution in [1.82, 2.24) is 25.1 Å². The lowest BCUT2D eigenvalue weighted by molar-refractivity contribution is 0.174. The number of aromatic nitrogens is 5. The van der Waals surface area contributed by atoms with Crippen molar-refractivity contribution >= 4 is 45.1 Å². The van der Waals surface area contributed by atoms with Crippen LogP contribution in [0.2, 0.25) is 0 Å². The van der Waals surface area contributed by atoms with Gasteiger partial charge in [0.2, 0.25) is 6.79 Å². The van der Waals surface area contributed by atoms with Gasteiger partial charge in [-0.3, -0.25) is 4.79 Å². The lowest BCUT2D eigenvalue weighted by atomic mass is 10.1. The fourth-order valence-corrected chi connectivity index (χ4v) is 3.44. The van der Waals surface area contributed by atoms with Crippen molar-refractivity contribution in [3.8, 4) is 11.5 Å². The molecule has 0 atom stereocenters. The van der Waals surface area contributed by atoms with Crippen molar-refractivity contribution in [2.24, 2.45) is 5.10 Å². The monoisotopic (exact) mass is 399 g/mol. The van der Waals surface area contributed by atoms with Crippen LogP contribution in [-0.4, -0.2) is 38.2 Å². The van der Waals surface area contributed by atoms with Gasteiger partial charge >= 0.3 is 0 Å². The van der Waals surface area contributed by atoms with Gasteiger partial charge in [0.1, 0.15) is 5.52 Å². The molecule has 30 heavy (non-hydrogen) atoms. The number of H-pyrrole nitrogens is 2. The first-order chi connectivity index (χ1) is 14.7. The second-order valence-electron chi connectivity index (χ2n) is 6.72. The first-order valence-corrected chi connectivity index (χ1v) is 9.11. The van der Waals surface area contributed by atoms with Gasteiger partial charge in [-0.2, -0.15) is 10.1 Å². The van der Waals surface area contributed by atoms with Crippen molar-refractivity contribution in [1.29, 1.82) is 0 Å². The van der Waals surface area contributed by atoms with Gasteiger partial charge in [0.25, 0.3) is 11.5 Å². The molecule has 5 aromatic rings. The second-order valence-corrected chi connectivity index (χ2v) is 6.72. The molecule has 4 heterocycles. The molecule has 3 N–H and O–H groups in total. The number of fused-ring (bicyclic) bond motifs is 5. The molecule has 0 spiro atoms. The fraction of sp³-hybridized carbons (Fsp3) is 0.0500. The molecular formula is C20H13N7O3. The normalized spacial score (nSPS) is 13.1. The molecule has 6 rings (SSSR count). The van der Waals surface area contributed by atoms with Gasteiger partial charge in [-0.05, 0) is 18.2 Å². The smallest absolute Gasteiger partial charge is 0.265 e. The van der Waals surface area contributed by atoms with E-state index in [4.69, 9.17) is 9.47 Å². The number of rotatable bonds is 3. The summed E-state index contributed by atoms with van der Waals surface area (Å²) in [7, 11) is 0. The second kappa shape index (κ2) is 6.27. The number of hydrazone groups is 1. The zero-order valence-electron chi connectivity index (χ0n) is 15.3. The highest BCUT2D eigenvalue weighted by Crippen LogP contribution is 2.35. The van der Waals surface area contributed by atoms with E-state index in [9.17, 15) is 4.79 Å². The Morgan fingerprint density at radius 1 is 1.03 bits per heavy atom. The summed E-state index contributed by atoms with van der Waals surface area (Å²) in [6, 6.07) is 13.0. The van der Waals surface area contributed by atoms with Gasteiger partial charge in [-0.15, -0.1) is 10.2 Å². The number of pyridine rings is 1. The van der Waals surface area contributed by atoms with Gasteiger partial charge in [0.15, 0.2) is 17.1 Å². The predicted molar refractivity (Wildman–Crippen MR) is 111 cm³/mol. The van der Waals surface area contributed by atoms with Crippen LogP contribution in [0.25, 0.3) is 33.0 Å². The predicted octanol–water partition coefficient (Wildman–Crippen LogP) is 2.52. The minimum atomic E-state index is -0.281.